The predicted octanol–water partition coefficient (Wildman–Crippen LogP) is 9.09. The van der Waals surface area contributed by atoms with E-state index >= 15 is 0 Å². The van der Waals surface area contributed by atoms with Crippen molar-refractivity contribution in [2.24, 2.45) is 0 Å². The number of benzene rings is 4. The maximum Gasteiger partial charge on any atom is 0.0702 e. The Kier molecular flexibility index (Phi) is 6.54. The van der Waals surface area contributed by atoms with Gasteiger partial charge in [-0.05, 0) is 83.3 Å². The highest BCUT2D eigenvalue weighted by Crippen LogP contribution is 2.36. The smallest absolute Gasteiger partial charge is 0.0702 e. The largest absolute Gasteiger partial charge is 0.311 e. The molecule has 0 N–H and O–H groups in total. The molecule has 0 aliphatic carbocycles. The van der Waals surface area contributed by atoms with Gasteiger partial charge in [-0.1, -0.05) is 80.2 Å². The molecule has 0 saturated carbocycles. The minimum absolute atomic E-state index is 0.982. The molecule has 0 atom stereocenters. The van der Waals surface area contributed by atoms with Gasteiger partial charge in [0.15, 0.2) is 0 Å². The first-order chi connectivity index (χ1) is 17.2. The normalized spacial score (nSPS) is 10.7. The Bertz CT molecular complexity index is 1400. The number of hydrogen-bond acceptors (Lipinski definition) is 2. The van der Waals surface area contributed by atoms with E-state index in [0.29, 0.717) is 0 Å². The minimum atomic E-state index is 0.982. The minimum Gasteiger partial charge on any atom is -0.311 e. The molecule has 0 spiro atoms. The molecule has 4 aromatic carbocycles. The summed E-state index contributed by atoms with van der Waals surface area (Å²) < 4.78 is 0. The molecule has 0 amide bonds. The van der Waals surface area contributed by atoms with Crippen LogP contribution in [0, 0.1) is 0 Å². The van der Waals surface area contributed by atoms with E-state index in [9.17, 15) is 0 Å². The van der Waals surface area contributed by atoms with Crippen LogP contribution in [-0.4, -0.2) is 4.98 Å². The molecule has 2 heteroatoms. The van der Waals surface area contributed by atoms with Crippen LogP contribution in [0.25, 0.3) is 28.5 Å². The number of pyridine rings is 1. The molecule has 0 radical (unpaired) electrons. The fourth-order valence-corrected chi connectivity index (χ4v) is 4.28. The fraction of sp³-hybridized carbons (Fsp3) is 0.0606. The van der Waals surface area contributed by atoms with E-state index in [4.69, 9.17) is 0 Å². The molecule has 5 rings (SSSR count). The van der Waals surface area contributed by atoms with Crippen LogP contribution in [-0.2, 0) is 6.42 Å². The van der Waals surface area contributed by atoms with Gasteiger partial charge < -0.3 is 4.90 Å². The summed E-state index contributed by atoms with van der Waals surface area (Å²) in [6.07, 6.45) is 4.73. The van der Waals surface area contributed by atoms with Crippen molar-refractivity contribution in [3.63, 3.8) is 0 Å². The lowest BCUT2D eigenvalue weighted by Gasteiger charge is -2.26. The van der Waals surface area contributed by atoms with Crippen molar-refractivity contribution in [1.29, 1.82) is 0 Å². The van der Waals surface area contributed by atoms with Gasteiger partial charge in [0.1, 0.15) is 0 Å². The van der Waals surface area contributed by atoms with E-state index in [2.05, 4.69) is 120 Å². The Labute approximate surface area is 207 Å². The maximum atomic E-state index is 4.50. The summed E-state index contributed by atoms with van der Waals surface area (Å²) in [5.74, 6) is 0. The summed E-state index contributed by atoms with van der Waals surface area (Å²) in [6.45, 7) is 6.07. The lowest BCUT2D eigenvalue weighted by Crippen LogP contribution is -2.09. The van der Waals surface area contributed by atoms with Gasteiger partial charge in [0.05, 0.1) is 5.69 Å². The molecule has 0 saturated heterocycles. The van der Waals surface area contributed by atoms with E-state index in [1.54, 1.807) is 0 Å². The van der Waals surface area contributed by atoms with Crippen molar-refractivity contribution in [2.45, 2.75) is 13.3 Å². The molecular formula is C33H28N2. The second kappa shape index (κ2) is 10.2. The molecule has 0 unspecified atom stereocenters. The third-order valence-electron chi connectivity index (χ3n) is 6.27. The van der Waals surface area contributed by atoms with Gasteiger partial charge in [0.2, 0.25) is 0 Å². The van der Waals surface area contributed by atoms with Gasteiger partial charge >= 0.3 is 0 Å². The summed E-state index contributed by atoms with van der Waals surface area (Å²) in [7, 11) is 0. The fourth-order valence-electron chi connectivity index (χ4n) is 4.28. The van der Waals surface area contributed by atoms with Crippen LogP contribution in [0.2, 0.25) is 0 Å². The van der Waals surface area contributed by atoms with Gasteiger partial charge in [-0.25, -0.2) is 0 Å². The molecule has 35 heavy (non-hydrogen) atoms. The Morgan fingerprint density at radius 2 is 1.29 bits per heavy atom. The van der Waals surface area contributed by atoms with E-state index in [0.717, 1.165) is 40.3 Å². The molecule has 2 nitrogen and oxygen atoms in total. The maximum absolute atomic E-state index is 4.50. The van der Waals surface area contributed by atoms with Crippen LogP contribution >= 0.6 is 0 Å². The van der Waals surface area contributed by atoms with Gasteiger partial charge in [-0.2, -0.15) is 0 Å². The van der Waals surface area contributed by atoms with Crippen molar-refractivity contribution in [1.82, 2.24) is 4.98 Å². The molecule has 0 aliphatic heterocycles. The van der Waals surface area contributed by atoms with Crippen LogP contribution in [0.4, 0.5) is 17.1 Å². The zero-order valence-electron chi connectivity index (χ0n) is 19.9. The van der Waals surface area contributed by atoms with Crippen LogP contribution in [0.15, 0.2) is 128 Å². The Hall–Kier alpha value is -4.43. The second-order valence-electron chi connectivity index (χ2n) is 8.49. The van der Waals surface area contributed by atoms with Crippen LogP contribution < -0.4 is 4.90 Å². The molecule has 0 bridgehead atoms. The summed E-state index contributed by atoms with van der Waals surface area (Å²) in [5.41, 5.74) is 10.3. The molecule has 5 aromatic rings. The number of aryl methyl sites for hydroxylation is 1. The molecule has 0 fully saturated rings. The average Bonchev–Trinajstić information content (AvgIpc) is 2.95. The number of aromatic nitrogens is 1. The third-order valence-corrected chi connectivity index (χ3v) is 6.27. The van der Waals surface area contributed by atoms with Gasteiger partial charge in [0, 0.05) is 28.8 Å². The van der Waals surface area contributed by atoms with Crippen molar-refractivity contribution in [2.75, 3.05) is 4.90 Å². The van der Waals surface area contributed by atoms with Crippen molar-refractivity contribution < 1.29 is 0 Å². The van der Waals surface area contributed by atoms with Crippen molar-refractivity contribution in [3.8, 4) is 22.4 Å². The Balaban J connectivity index is 1.51. The number of anilines is 3. The standard InChI is InChI=1S/C33H28N2/c1-3-25-11-17-30(18-12-25)35(31-19-13-26(4-2)14-20-31)32-21-15-27(16-22-32)28-8-7-9-29(24-28)33-10-5-6-23-34-33/h3,5-24H,1,4H2,2H3. The van der Waals surface area contributed by atoms with E-state index in [1.807, 2.05) is 30.5 Å². The van der Waals surface area contributed by atoms with Gasteiger partial charge in [-0.15, -0.1) is 0 Å². The van der Waals surface area contributed by atoms with Gasteiger partial charge in [0.25, 0.3) is 0 Å². The first-order valence-electron chi connectivity index (χ1n) is 12.0. The van der Waals surface area contributed by atoms with Crippen molar-refractivity contribution in [3.05, 3.63) is 139 Å². The second-order valence-corrected chi connectivity index (χ2v) is 8.49. The highest BCUT2D eigenvalue weighted by Gasteiger charge is 2.13. The van der Waals surface area contributed by atoms with Crippen molar-refractivity contribution >= 4 is 23.1 Å². The molecule has 1 heterocycles. The number of nitrogens with zero attached hydrogens (tertiary/aromatic N) is 2. The topological polar surface area (TPSA) is 16.1 Å². The average molecular weight is 453 g/mol. The SMILES string of the molecule is C=Cc1ccc(N(c2ccc(CC)cc2)c2ccc(-c3cccc(-c4ccccn4)c3)cc2)cc1. The van der Waals surface area contributed by atoms with Gasteiger partial charge in [-0.3, -0.25) is 4.98 Å². The van der Waals surface area contributed by atoms with Crippen LogP contribution in [0.1, 0.15) is 18.1 Å². The third kappa shape index (κ3) is 4.92. The summed E-state index contributed by atoms with van der Waals surface area (Å²) in [4.78, 5) is 6.79. The first kappa shape index (κ1) is 22.4. The van der Waals surface area contributed by atoms with E-state index in [1.165, 1.54) is 16.7 Å². The van der Waals surface area contributed by atoms with Crippen LogP contribution in [0.3, 0.4) is 0 Å². The number of hydrogen-bond donors (Lipinski definition) is 0. The summed E-state index contributed by atoms with van der Waals surface area (Å²) in [5, 5.41) is 0. The zero-order chi connectivity index (χ0) is 24.0. The summed E-state index contributed by atoms with van der Waals surface area (Å²) >= 11 is 0. The van der Waals surface area contributed by atoms with E-state index in [-0.39, 0.29) is 0 Å². The molecule has 1 aromatic heterocycles. The van der Waals surface area contributed by atoms with Crippen LogP contribution in [0.5, 0.6) is 0 Å². The molecular weight excluding hydrogens is 424 g/mol. The lowest BCUT2D eigenvalue weighted by atomic mass is 10.0. The monoisotopic (exact) mass is 452 g/mol. The highest BCUT2D eigenvalue weighted by atomic mass is 15.1. The lowest BCUT2D eigenvalue weighted by molar-refractivity contribution is 1.14. The highest BCUT2D eigenvalue weighted by molar-refractivity contribution is 5.79. The predicted molar refractivity (Wildman–Crippen MR) is 149 cm³/mol. The molecule has 0 aliphatic rings. The first-order valence-corrected chi connectivity index (χ1v) is 12.0. The number of rotatable bonds is 7. The zero-order valence-corrected chi connectivity index (χ0v) is 19.9. The molecule has 170 valence electrons. The Morgan fingerprint density at radius 3 is 1.89 bits per heavy atom. The quantitative estimate of drug-likeness (QED) is 0.245. The summed E-state index contributed by atoms with van der Waals surface area (Å²) in [6, 6.07) is 40.6. The van der Waals surface area contributed by atoms with E-state index < -0.39 is 0 Å². The Morgan fingerprint density at radius 1 is 0.657 bits per heavy atom.